The average molecular weight is 203 g/mol. The Labute approximate surface area is 91.2 Å². The van der Waals surface area contributed by atoms with E-state index >= 15 is 0 Å². The predicted molar refractivity (Wildman–Crippen MR) is 64.0 cm³/mol. The molecule has 0 spiro atoms. The van der Waals surface area contributed by atoms with Crippen LogP contribution in [0.15, 0.2) is 35.9 Å². The maximum absolute atomic E-state index is 11.7. The van der Waals surface area contributed by atoms with Crippen molar-refractivity contribution in [3.8, 4) is 0 Å². The first-order valence-corrected chi connectivity index (χ1v) is 5.00. The van der Waals surface area contributed by atoms with Crippen molar-refractivity contribution in [2.45, 2.75) is 20.8 Å². The highest BCUT2D eigenvalue weighted by Crippen LogP contribution is 2.13. The minimum Gasteiger partial charge on any atom is -0.312 e. The van der Waals surface area contributed by atoms with Crippen LogP contribution in [0.25, 0.3) is 0 Å². The number of likely N-dealkylation sites (N-methyl/N-ethyl adjacent to an activating group) is 1. The molecule has 0 fully saturated rings. The maximum atomic E-state index is 11.7. The Balaban J connectivity index is 2.85. The van der Waals surface area contributed by atoms with Gasteiger partial charge in [0.25, 0.3) is 5.91 Å². The minimum atomic E-state index is 0.0128. The number of hydrogen-bond donors (Lipinski definition) is 0. The van der Waals surface area contributed by atoms with Gasteiger partial charge in [-0.1, -0.05) is 23.3 Å². The number of rotatable bonds is 2. The lowest BCUT2D eigenvalue weighted by Crippen LogP contribution is -2.24. The van der Waals surface area contributed by atoms with Gasteiger partial charge in [-0.15, -0.1) is 0 Å². The van der Waals surface area contributed by atoms with Crippen molar-refractivity contribution in [2.75, 3.05) is 11.9 Å². The molecule has 15 heavy (non-hydrogen) atoms. The zero-order chi connectivity index (χ0) is 11.4. The number of hydrogen-bond acceptors (Lipinski definition) is 1. The molecule has 0 saturated heterocycles. The van der Waals surface area contributed by atoms with E-state index in [2.05, 4.69) is 0 Å². The van der Waals surface area contributed by atoms with E-state index < -0.39 is 0 Å². The van der Waals surface area contributed by atoms with Crippen LogP contribution in [-0.2, 0) is 4.79 Å². The number of allylic oxidation sites excluding steroid dienone is 1. The van der Waals surface area contributed by atoms with Crippen LogP contribution in [0.2, 0.25) is 0 Å². The molecule has 1 aromatic rings. The Hall–Kier alpha value is -1.57. The molecule has 0 heterocycles. The van der Waals surface area contributed by atoms with Crippen LogP contribution in [0.5, 0.6) is 0 Å². The summed E-state index contributed by atoms with van der Waals surface area (Å²) in [7, 11) is 1.78. The molecule has 0 atom stereocenters. The Bertz CT molecular complexity index is 372. The Morgan fingerprint density at radius 1 is 1.20 bits per heavy atom. The second kappa shape index (κ2) is 4.78. The lowest BCUT2D eigenvalue weighted by Gasteiger charge is -2.15. The molecule has 1 rings (SSSR count). The zero-order valence-corrected chi connectivity index (χ0v) is 9.74. The standard InChI is InChI=1S/C13H17NO/c1-10(2)9-13(15)14(4)12-7-5-11(3)6-8-12/h5-9H,1-4H3. The van der Waals surface area contributed by atoms with Crippen molar-refractivity contribution in [3.63, 3.8) is 0 Å². The van der Waals surface area contributed by atoms with Crippen LogP contribution < -0.4 is 4.90 Å². The van der Waals surface area contributed by atoms with Gasteiger partial charge in [0.1, 0.15) is 0 Å². The number of benzene rings is 1. The van der Waals surface area contributed by atoms with E-state index in [4.69, 9.17) is 0 Å². The number of amides is 1. The van der Waals surface area contributed by atoms with Gasteiger partial charge < -0.3 is 4.90 Å². The maximum Gasteiger partial charge on any atom is 0.250 e. The quantitative estimate of drug-likeness (QED) is 0.677. The Morgan fingerprint density at radius 3 is 2.20 bits per heavy atom. The van der Waals surface area contributed by atoms with Crippen LogP contribution in [-0.4, -0.2) is 13.0 Å². The van der Waals surface area contributed by atoms with Gasteiger partial charge in [0, 0.05) is 18.8 Å². The summed E-state index contributed by atoms with van der Waals surface area (Å²) >= 11 is 0. The first-order chi connectivity index (χ1) is 7.00. The van der Waals surface area contributed by atoms with E-state index in [-0.39, 0.29) is 5.91 Å². The molecule has 0 aliphatic rings. The van der Waals surface area contributed by atoms with E-state index in [1.807, 2.05) is 45.0 Å². The summed E-state index contributed by atoms with van der Waals surface area (Å²) in [5.74, 6) is 0.0128. The lowest BCUT2D eigenvalue weighted by molar-refractivity contribution is -0.113. The fourth-order valence-electron chi connectivity index (χ4n) is 1.24. The molecule has 2 nitrogen and oxygen atoms in total. The van der Waals surface area contributed by atoms with Crippen molar-refractivity contribution in [2.24, 2.45) is 0 Å². The third kappa shape index (κ3) is 3.24. The van der Waals surface area contributed by atoms with E-state index in [1.165, 1.54) is 5.56 Å². The summed E-state index contributed by atoms with van der Waals surface area (Å²) in [5.41, 5.74) is 3.13. The highest BCUT2D eigenvalue weighted by atomic mass is 16.2. The van der Waals surface area contributed by atoms with E-state index in [0.717, 1.165) is 11.3 Å². The van der Waals surface area contributed by atoms with Gasteiger partial charge >= 0.3 is 0 Å². The third-order valence-electron chi connectivity index (χ3n) is 2.16. The first kappa shape index (κ1) is 11.5. The number of aryl methyl sites for hydroxylation is 1. The summed E-state index contributed by atoms with van der Waals surface area (Å²) in [6.45, 7) is 5.86. The number of nitrogens with zero attached hydrogens (tertiary/aromatic N) is 1. The molecule has 0 aliphatic heterocycles. The molecule has 0 aliphatic carbocycles. The van der Waals surface area contributed by atoms with Crippen LogP contribution in [0.4, 0.5) is 5.69 Å². The molecule has 0 radical (unpaired) electrons. The molecule has 1 amide bonds. The Kier molecular flexibility index (Phi) is 3.67. The van der Waals surface area contributed by atoms with E-state index in [1.54, 1.807) is 18.0 Å². The van der Waals surface area contributed by atoms with Crippen LogP contribution in [0.1, 0.15) is 19.4 Å². The zero-order valence-electron chi connectivity index (χ0n) is 9.74. The fraction of sp³-hybridized carbons (Fsp3) is 0.308. The smallest absolute Gasteiger partial charge is 0.250 e. The minimum absolute atomic E-state index is 0.0128. The van der Waals surface area contributed by atoms with Gasteiger partial charge in [0.05, 0.1) is 0 Å². The number of anilines is 1. The predicted octanol–water partition coefficient (Wildman–Crippen LogP) is 2.92. The van der Waals surface area contributed by atoms with Crippen molar-refractivity contribution in [1.29, 1.82) is 0 Å². The molecular formula is C13H17NO. The highest BCUT2D eigenvalue weighted by molar-refractivity contribution is 6.01. The van der Waals surface area contributed by atoms with Crippen molar-refractivity contribution in [3.05, 3.63) is 41.5 Å². The van der Waals surface area contributed by atoms with Gasteiger partial charge in [-0.05, 0) is 32.9 Å². The van der Waals surface area contributed by atoms with Gasteiger partial charge in [0.2, 0.25) is 0 Å². The molecular weight excluding hydrogens is 186 g/mol. The summed E-state index contributed by atoms with van der Waals surface area (Å²) in [5, 5.41) is 0. The molecule has 0 bridgehead atoms. The molecule has 0 saturated carbocycles. The molecule has 0 unspecified atom stereocenters. The summed E-state index contributed by atoms with van der Waals surface area (Å²) in [6, 6.07) is 7.90. The van der Waals surface area contributed by atoms with Crippen LogP contribution in [0.3, 0.4) is 0 Å². The summed E-state index contributed by atoms with van der Waals surface area (Å²) in [6.07, 6.45) is 1.64. The van der Waals surface area contributed by atoms with Gasteiger partial charge in [-0.2, -0.15) is 0 Å². The van der Waals surface area contributed by atoms with Gasteiger partial charge in [-0.3, -0.25) is 4.79 Å². The summed E-state index contributed by atoms with van der Waals surface area (Å²) in [4.78, 5) is 13.3. The fourth-order valence-corrected chi connectivity index (χ4v) is 1.24. The largest absolute Gasteiger partial charge is 0.312 e. The number of carbonyl (C=O) groups excluding carboxylic acids is 1. The average Bonchev–Trinajstić information content (AvgIpc) is 2.17. The molecule has 0 N–H and O–H groups in total. The second-order valence-electron chi connectivity index (χ2n) is 3.95. The van der Waals surface area contributed by atoms with Crippen LogP contribution >= 0.6 is 0 Å². The Morgan fingerprint density at radius 2 is 1.73 bits per heavy atom. The summed E-state index contributed by atoms with van der Waals surface area (Å²) < 4.78 is 0. The normalized spacial score (nSPS) is 9.60. The monoisotopic (exact) mass is 203 g/mol. The van der Waals surface area contributed by atoms with E-state index in [0.29, 0.717) is 0 Å². The lowest BCUT2D eigenvalue weighted by atomic mass is 10.2. The molecule has 1 aromatic carbocycles. The third-order valence-corrected chi connectivity index (χ3v) is 2.16. The van der Waals surface area contributed by atoms with Crippen molar-refractivity contribution >= 4 is 11.6 Å². The van der Waals surface area contributed by atoms with Gasteiger partial charge in [0.15, 0.2) is 0 Å². The van der Waals surface area contributed by atoms with E-state index in [9.17, 15) is 4.79 Å². The molecule has 2 heteroatoms. The topological polar surface area (TPSA) is 20.3 Å². The SMILES string of the molecule is CC(C)=CC(=O)N(C)c1ccc(C)cc1. The molecule has 0 aromatic heterocycles. The van der Waals surface area contributed by atoms with Gasteiger partial charge in [-0.25, -0.2) is 0 Å². The second-order valence-corrected chi connectivity index (χ2v) is 3.95. The number of carbonyl (C=O) groups is 1. The molecule has 80 valence electrons. The van der Waals surface area contributed by atoms with Crippen LogP contribution in [0, 0.1) is 6.92 Å². The highest BCUT2D eigenvalue weighted by Gasteiger charge is 2.06. The van der Waals surface area contributed by atoms with Crippen molar-refractivity contribution < 1.29 is 4.79 Å². The first-order valence-electron chi connectivity index (χ1n) is 5.00. The van der Waals surface area contributed by atoms with Crippen molar-refractivity contribution in [1.82, 2.24) is 0 Å².